The summed E-state index contributed by atoms with van der Waals surface area (Å²) in [4.78, 5) is 9.80. The van der Waals surface area contributed by atoms with Crippen LogP contribution in [-0.2, 0) is 6.42 Å². The van der Waals surface area contributed by atoms with E-state index < -0.39 is 0 Å². The van der Waals surface area contributed by atoms with Crippen LogP contribution < -0.4 is 5.32 Å². The molecule has 90 valence electrons. The van der Waals surface area contributed by atoms with Crippen LogP contribution in [0.2, 0.25) is 0 Å². The summed E-state index contributed by atoms with van der Waals surface area (Å²) in [5.74, 6) is 0. The van der Waals surface area contributed by atoms with Crippen molar-refractivity contribution in [1.29, 1.82) is 0 Å². The van der Waals surface area contributed by atoms with Gasteiger partial charge in [-0.2, -0.15) is 0 Å². The number of halogens is 1. The molecule has 0 saturated carbocycles. The number of thiazole rings is 1. The molecular weight excluding hydrogens is 298 g/mol. The second kappa shape index (κ2) is 6.23. The van der Waals surface area contributed by atoms with Gasteiger partial charge in [0.1, 0.15) is 0 Å². The summed E-state index contributed by atoms with van der Waals surface area (Å²) in [7, 11) is 0. The molecule has 3 nitrogen and oxygen atoms in total. The first-order chi connectivity index (χ1) is 8.29. The minimum absolute atomic E-state index is 0.307. The fourth-order valence-corrected chi connectivity index (χ4v) is 2.58. The highest BCUT2D eigenvalue weighted by Crippen LogP contribution is 2.21. The normalized spacial score (nSPS) is 12.6. The number of hydrogen-bond acceptors (Lipinski definition) is 4. The molecule has 2 rings (SSSR count). The first-order valence-corrected chi connectivity index (χ1v) is 7.19. The van der Waals surface area contributed by atoms with E-state index in [0.717, 1.165) is 23.1 Å². The van der Waals surface area contributed by atoms with Gasteiger partial charge in [0.05, 0.1) is 5.51 Å². The van der Waals surface area contributed by atoms with Crippen LogP contribution in [0.25, 0.3) is 0 Å². The zero-order chi connectivity index (χ0) is 12.1. The summed E-state index contributed by atoms with van der Waals surface area (Å²) in [5, 5.41) is 3.47. The lowest BCUT2D eigenvalue weighted by molar-refractivity contribution is 0.551. The van der Waals surface area contributed by atoms with Gasteiger partial charge in [0.15, 0.2) is 0 Å². The smallest absolute Gasteiger partial charge is 0.0794 e. The highest BCUT2D eigenvalue weighted by Gasteiger charge is 2.13. The van der Waals surface area contributed by atoms with Gasteiger partial charge in [0.2, 0.25) is 0 Å². The van der Waals surface area contributed by atoms with E-state index in [4.69, 9.17) is 0 Å². The average molecular weight is 312 g/mol. The molecule has 2 aromatic heterocycles. The van der Waals surface area contributed by atoms with Gasteiger partial charge >= 0.3 is 0 Å². The molecule has 0 fully saturated rings. The first-order valence-electron chi connectivity index (χ1n) is 5.51. The molecule has 0 aliphatic rings. The highest BCUT2D eigenvalue weighted by molar-refractivity contribution is 9.10. The van der Waals surface area contributed by atoms with Crippen molar-refractivity contribution in [2.24, 2.45) is 0 Å². The molecule has 5 heteroatoms. The van der Waals surface area contributed by atoms with Crippen molar-refractivity contribution >= 4 is 27.3 Å². The lowest BCUT2D eigenvalue weighted by Crippen LogP contribution is -2.22. The van der Waals surface area contributed by atoms with Crippen LogP contribution in [0.4, 0.5) is 0 Å². The molecule has 0 aromatic carbocycles. The van der Waals surface area contributed by atoms with Crippen LogP contribution in [0.1, 0.15) is 23.5 Å². The van der Waals surface area contributed by atoms with Crippen LogP contribution >= 0.6 is 27.3 Å². The summed E-state index contributed by atoms with van der Waals surface area (Å²) in [5.41, 5.74) is 2.96. The third kappa shape index (κ3) is 3.59. The number of nitrogens with one attached hydrogen (secondary N) is 1. The molecule has 2 aromatic rings. The summed E-state index contributed by atoms with van der Waals surface area (Å²) >= 11 is 5.08. The molecule has 17 heavy (non-hydrogen) atoms. The third-order valence-corrected chi connectivity index (χ3v) is 3.81. The van der Waals surface area contributed by atoms with Gasteiger partial charge in [-0.1, -0.05) is 6.92 Å². The molecule has 2 heterocycles. The van der Waals surface area contributed by atoms with Crippen molar-refractivity contribution < 1.29 is 0 Å². The topological polar surface area (TPSA) is 37.8 Å². The standard InChI is InChI=1S/C12H14BrN3S/c1-2-15-11(12-7-14-8-17-12)5-10-4-3-9(13)6-16-10/h3-4,6-8,11,15H,2,5H2,1H3. The third-order valence-electron chi connectivity index (χ3n) is 2.45. The van der Waals surface area contributed by atoms with E-state index >= 15 is 0 Å². The van der Waals surface area contributed by atoms with Crippen molar-refractivity contribution in [2.75, 3.05) is 6.54 Å². The van der Waals surface area contributed by atoms with E-state index in [1.54, 1.807) is 11.3 Å². The van der Waals surface area contributed by atoms with Gasteiger partial charge in [-0.05, 0) is 34.6 Å². The molecule has 0 bridgehead atoms. The maximum atomic E-state index is 4.41. The van der Waals surface area contributed by atoms with Crippen LogP contribution in [0.15, 0.2) is 34.5 Å². The zero-order valence-electron chi connectivity index (χ0n) is 9.56. The molecule has 0 amide bonds. The number of pyridine rings is 1. The Morgan fingerprint density at radius 2 is 2.29 bits per heavy atom. The molecule has 1 N–H and O–H groups in total. The monoisotopic (exact) mass is 311 g/mol. The minimum atomic E-state index is 0.307. The van der Waals surface area contributed by atoms with Gasteiger partial charge in [-0.15, -0.1) is 11.3 Å². The Kier molecular flexibility index (Phi) is 4.65. The highest BCUT2D eigenvalue weighted by atomic mass is 79.9. The Labute approximate surface area is 113 Å². The summed E-state index contributed by atoms with van der Waals surface area (Å²) in [6.45, 7) is 3.06. The van der Waals surface area contributed by atoms with Gasteiger partial charge in [-0.3, -0.25) is 9.97 Å². The molecular formula is C12H14BrN3S. The van der Waals surface area contributed by atoms with E-state index in [1.165, 1.54) is 4.88 Å². The second-order valence-electron chi connectivity index (χ2n) is 3.69. The predicted octanol–water partition coefficient (Wildman–Crippen LogP) is 3.19. The molecule has 0 saturated heterocycles. The lowest BCUT2D eigenvalue weighted by Gasteiger charge is -2.15. The number of likely N-dealkylation sites (N-methyl/N-ethyl adjacent to an activating group) is 1. The Balaban J connectivity index is 2.10. The lowest BCUT2D eigenvalue weighted by atomic mass is 10.1. The summed E-state index contributed by atoms with van der Waals surface area (Å²) in [6.07, 6.45) is 4.66. The van der Waals surface area contributed by atoms with E-state index in [9.17, 15) is 0 Å². The van der Waals surface area contributed by atoms with Gasteiger partial charge in [-0.25, -0.2) is 0 Å². The van der Waals surface area contributed by atoms with Crippen LogP contribution in [-0.4, -0.2) is 16.5 Å². The Morgan fingerprint density at radius 1 is 1.41 bits per heavy atom. The number of rotatable bonds is 5. The number of nitrogens with zero attached hydrogens (tertiary/aromatic N) is 2. The Hall–Kier alpha value is -0.780. The van der Waals surface area contributed by atoms with Gasteiger partial charge in [0, 0.05) is 39.9 Å². The fourth-order valence-electron chi connectivity index (χ4n) is 1.65. The molecule has 0 radical (unpaired) electrons. The zero-order valence-corrected chi connectivity index (χ0v) is 12.0. The number of hydrogen-bond donors (Lipinski definition) is 1. The van der Waals surface area contributed by atoms with E-state index in [0.29, 0.717) is 6.04 Å². The molecule has 0 spiro atoms. The van der Waals surface area contributed by atoms with E-state index in [1.807, 2.05) is 24.0 Å². The van der Waals surface area contributed by atoms with Gasteiger partial charge < -0.3 is 5.32 Å². The van der Waals surface area contributed by atoms with Crippen molar-refractivity contribution in [3.8, 4) is 0 Å². The molecule has 1 unspecified atom stereocenters. The fraction of sp³-hybridized carbons (Fsp3) is 0.333. The summed E-state index contributed by atoms with van der Waals surface area (Å²) < 4.78 is 1.01. The quantitative estimate of drug-likeness (QED) is 0.921. The van der Waals surface area contributed by atoms with Crippen molar-refractivity contribution in [1.82, 2.24) is 15.3 Å². The molecule has 0 aliphatic carbocycles. The van der Waals surface area contributed by atoms with Crippen LogP contribution in [0, 0.1) is 0 Å². The molecule has 1 atom stereocenters. The van der Waals surface area contributed by atoms with Crippen LogP contribution in [0.5, 0.6) is 0 Å². The number of aromatic nitrogens is 2. The minimum Gasteiger partial charge on any atom is -0.309 e. The second-order valence-corrected chi connectivity index (χ2v) is 5.52. The Morgan fingerprint density at radius 3 is 2.88 bits per heavy atom. The van der Waals surface area contributed by atoms with Gasteiger partial charge in [0.25, 0.3) is 0 Å². The van der Waals surface area contributed by atoms with E-state index in [2.05, 4.69) is 44.2 Å². The van der Waals surface area contributed by atoms with Crippen LogP contribution in [0.3, 0.4) is 0 Å². The largest absolute Gasteiger partial charge is 0.309 e. The molecule has 0 aliphatic heterocycles. The predicted molar refractivity (Wildman–Crippen MR) is 74.2 cm³/mol. The first kappa shape index (κ1) is 12.7. The van der Waals surface area contributed by atoms with Crippen molar-refractivity contribution in [2.45, 2.75) is 19.4 Å². The Bertz CT molecular complexity index is 441. The summed E-state index contributed by atoms with van der Waals surface area (Å²) in [6, 6.07) is 4.38. The van der Waals surface area contributed by atoms with Crippen molar-refractivity contribution in [3.05, 3.63) is 45.1 Å². The maximum absolute atomic E-state index is 4.41. The van der Waals surface area contributed by atoms with Crippen molar-refractivity contribution in [3.63, 3.8) is 0 Å². The SMILES string of the molecule is CCNC(Cc1ccc(Br)cn1)c1cncs1. The average Bonchev–Trinajstić information content (AvgIpc) is 2.85. The van der Waals surface area contributed by atoms with E-state index in [-0.39, 0.29) is 0 Å². The maximum Gasteiger partial charge on any atom is 0.0794 e.